The van der Waals surface area contributed by atoms with Crippen LogP contribution in [-0.2, 0) is 13.6 Å². The number of anilines is 2. The Morgan fingerprint density at radius 3 is 2.32 bits per heavy atom. The van der Waals surface area contributed by atoms with E-state index in [-0.39, 0.29) is 23.9 Å². The number of aryl methyl sites for hydroxylation is 1. The first-order chi connectivity index (χ1) is 18.5. The number of urea groups is 1. The second kappa shape index (κ2) is 9.14. The summed E-state index contributed by atoms with van der Waals surface area (Å²) in [4.78, 5) is 20.4. The fourth-order valence-electron chi connectivity index (χ4n) is 6.76. The highest BCUT2D eigenvalue weighted by Gasteiger charge is 2.43. The van der Waals surface area contributed by atoms with Gasteiger partial charge in [-0.3, -0.25) is 9.58 Å². The van der Waals surface area contributed by atoms with Gasteiger partial charge in [-0.2, -0.15) is 5.10 Å². The minimum atomic E-state index is -0.115. The van der Waals surface area contributed by atoms with Crippen LogP contribution in [0, 0.1) is 5.82 Å². The molecule has 1 atom stereocenters. The minimum absolute atomic E-state index is 0.0392. The quantitative estimate of drug-likeness (QED) is 0.379. The number of hydrogen-bond acceptors (Lipinski definition) is 3. The number of aromatic nitrogens is 2. The van der Waals surface area contributed by atoms with Gasteiger partial charge in [0.1, 0.15) is 5.82 Å². The number of rotatable bonds is 6. The molecule has 198 valence electrons. The number of para-hydroxylation sites is 1. The van der Waals surface area contributed by atoms with E-state index in [0.29, 0.717) is 18.4 Å². The zero-order valence-corrected chi connectivity index (χ0v) is 22.3. The lowest BCUT2D eigenvalue weighted by atomic mass is 9.96. The van der Waals surface area contributed by atoms with Gasteiger partial charge in [0.25, 0.3) is 0 Å². The van der Waals surface area contributed by atoms with Crippen molar-refractivity contribution in [3.63, 3.8) is 0 Å². The smallest absolute Gasteiger partial charge is 0.326 e. The van der Waals surface area contributed by atoms with Crippen molar-refractivity contribution in [2.75, 3.05) is 22.9 Å². The minimum Gasteiger partial charge on any atom is -0.369 e. The van der Waals surface area contributed by atoms with Gasteiger partial charge in [0.05, 0.1) is 18.3 Å². The second-order valence-corrected chi connectivity index (χ2v) is 11.7. The molecule has 1 saturated heterocycles. The first-order valence-electron chi connectivity index (χ1n) is 14.2. The van der Waals surface area contributed by atoms with Crippen LogP contribution < -0.4 is 9.80 Å². The molecule has 2 aliphatic heterocycles. The number of fused-ring (bicyclic) bond motifs is 1. The third kappa shape index (κ3) is 4.07. The van der Waals surface area contributed by atoms with Crippen molar-refractivity contribution in [2.24, 2.45) is 7.05 Å². The molecule has 7 rings (SSSR count). The molecule has 3 heterocycles. The Kier molecular flexibility index (Phi) is 5.71. The van der Waals surface area contributed by atoms with E-state index < -0.39 is 0 Å². The van der Waals surface area contributed by atoms with E-state index >= 15 is 0 Å². The molecule has 2 amide bonds. The van der Waals surface area contributed by atoms with E-state index in [9.17, 15) is 9.18 Å². The normalized spacial score (nSPS) is 22.2. The number of benzene rings is 2. The van der Waals surface area contributed by atoms with Crippen LogP contribution in [0.4, 0.5) is 20.7 Å². The highest BCUT2D eigenvalue weighted by atomic mass is 19.1. The Bertz CT molecular complexity index is 1370. The van der Waals surface area contributed by atoms with Gasteiger partial charge in [0.15, 0.2) is 5.82 Å². The fraction of sp³-hybridized carbons (Fsp3) is 0.484. The molecule has 0 spiro atoms. The molecule has 6 nitrogen and oxygen atoms in total. The number of carbonyl (C=O) groups is 1. The molecule has 2 saturated carbocycles. The van der Waals surface area contributed by atoms with Crippen molar-refractivity contribution in [3.8, 4) is 0 Å². The van der Waals surface area contributed by atoms with Crippen molar-refractivity contribution in [1.29, 1.82) is 0 Å². The summed E-state index contributed by atoms with van der Waals surface area (Å²) in [5.74, 6) is 1.78. The summed E-state index contributed by atoms with van der Waals surface area (Å²) in [6.45, 7) is 4.18. The molecule has 3 aromatic rings. The Morgan fingerprint density at radius 1 is 0.895 bits per heavy atom. The third-order valence-electron chi connectivity index (χ3n) is 9.02. The first-order valence-corrected chi connectivity index (χ1v) is 14.2. The van der Waals surface area contributed by atoms with Crippen LogP contribution in [0.1, 0.15) is 85.6 Å². The summed E-state index contributed by atoms with van der Waals surface area (Å²) < 4.78 is 16.8. The molecule has 0 bridgehead atoms. The van der Waals surface area contributed by atoms with Crippen molar-refractivity contribution < 1.29 is 9.18 Å². The standard InChI is InChI=1S/C31H36FN5O/c1-20-27-19-34(2)33-30(27)36(18-23-6-3-4-7-25(23)21-10-11-21)31(38)37(20)24-14-16-35(17-15-24)29-26(22-12-13-22)8-5-9-28(29)32/h3-9,19-22,24H,10-18H2,1-2H3. The van der Waals surface area contributed by atoms with Crippen LogP contribution in [0.2, 0.25) is 0 Å². The third-order valence-corrected chi connectivity index (χ3v) is 9.02. The fourth-order valence-corrected chi connectivity index (χ4v) is 6.76. The lowest BCUT2D eigenvalue weighted by molar-refractivity contribution is 0.136. The van der Waals surface area contributed by atoms with Gasteiger partial charge in [0, 0.05) is 37.9 Å². The number of piperidine rings is 1. The molecule has 0 N–H and O–H groups in total. The summed E-state index contributed by atoms with van der Waals surface area (Å²) in [6, 6.07) is 14.2. The number of carbonyl (C=O) groups excluding carboxylic acids is 1. The number of nitrogens with zero attached hydrogens (tertiary/aromatic N) is 5. The van der Waals surface area contributed by atoms with E-state index in [4.69, 9.17) is 5.10 Å². The van der Waals surface area contributed by atoms with Crippen molar-refractivity contribution in [2.45, 2.75) is 75.9 Å². The van der Waals surface area contributed by atoms with Crippen LogP contribution in [-0.4, -0.2) is 39.8 Å². The maximum atomic E-state index is 15.0. The van der Waals surface area contributed by atoms with Crippen LogP contribution in [0.3, 0.4) is 0 Å². The molecule has 1 aromatic heterocycles. The first kappa shape index (κ1) is 23.7. The Labute approximate surface area is 224 Å². The molecular weight excluding hydrogens is 477 g/mol. The number of hydrogen-bond donors (Lipinski definition) is 0. The molecule has 7 heteroatoms. The van der Waals surface area contributed by atoms with E-state index in [1.54, 1.807) is 6.07 Å². The largest absolute Gasteiger partial charge is 0.369 e. The lowest BCUT2D eigenvalue weighted by Gasteiger charge is -2.46. The Morgan fingerprint density at radius 2 is 1.58 bits per heavy atom. The molecule has 1 unspecified atom stereocenters. The lowest BCUT2D eigenvalue weighted by Crippen LogP contribution is -2.55. The average molecular weight is 514 g/mol. The summed E-state index contributed by atoms with van der Waals surface area (Å²) in [6.07, 6.45) is 8.49. The van der Waals surface area contributed by atoms with Crippen molar-refractivity contribution in [1.82, 2.24) is 14.7 Å². The molecule has 4 aliphatic rings. The predicted molar refractivity (Wildman–Crippen MR) is 147 cm³/mol. The van der Waals surface area contributed by atoms with E-state index in [2.05, 4.69) is 53.3 Å². The maximum absolute atomic E-state index is 15.0. The zero-order valence-electron chi connectivity index (χ0n) is 22.3. The predicted octanol–water partition coefficient (Wildman–Crippen LogP) is 6.49. The van der Waals surface area contributed by atoms with Crippen molar-refractivity contribution >= 4 is 17.5 Å². The van der Waals surface area contributed by atoms with Gasteiger partial charge in [-0.1, -0.05) is 36.4 Å². The van der Waals surface area contributed by atoms with Gasteiger partial charge < -0.3 is 9.80 Å². The summed E-state index contributed by atoms with van der Waals surface area (Å²) in [5.41, 5.74) is 5.64. The summed E-state index contributed by atoms with van der Waals surface area (Å²) in [7, 11) is 1.93. The maximum Gasteiger partial charge on any atom is 0.326 e. The Hall–Kier alpha value is -3.35. The zero-order chi connectivity index (χ0) is 26.0. The van der Waals surface area contributed by atoms with Crippen LogP contribution in [0.15, 0.2) is 48.7 Å². The van der Waals surface area contributed by atoms with Crippen molar-refractivity contribution in [3.05, 3.63) is 76.7 Å². The summed E-state index contributed by atoms with van der Waals surface area (Å²) >= 11 is 0. The summed E-state index contributed by atoms with van der Waals surface area (Å²) in [5, 5.41) is 4.74. The van der Waals surface area contributed by atoms with Crippen LogP contribution in [0.5, 0.6) is 0 Å². The average Bonchev–Trinajstić information content (AvgIpc) is 3.85. The van der Waals surface area contributed by atoms with Crippen LogP contribution in [0.25, 0.3) is 0 Å². The van der Waals surface area contributed by atoms with Gasteiger partial charge in [-0.25, -0.2) is 9.18 Å². The molecule has 2 aromatic carbocycles. The molecule has 3 fully saturated rings. The highest BCUT2D eigenvalue weighted by Crippen LogP contribution is 2.47. The number of halogens is 1. The monoisotopic (exact) mass is 513 g/mol. The van der Waals surface area contributed by atoms with Gasteiger partial charge in [-0.15, -0.1) is 0 Å². The second-order valence-electron chi connectivity index (χ2n) is 11.7. The topological polar surface area (TPSA) is 44.6 Å². The molecular formula is C31H36FN5O. The Balaban J connectivity index is 1.15. The van der Waals surface area contributed by atoms with E-state index in [0.717, 1.165) is 61.4 Å². The van der Waals surface area contributed by atoms with Crippen LogP contribution >= 0.6 is 0 Å². The number of amides is 2. The van der Waals surface area contributed by atoms with E-state index in [1.807, 2.05) is 22.7 Å². The molecule has 38 heavy (non-hydrogen) atoms. The van der Waals surface area contributed by atoms with Gasteiger partial charge in [0.2, 0.25) is 0 Å². The highest BCUT2D eigenvalue weighted by molar-refractivity contribution is 5.94. The molecule has 0 radical (unpaired) electrons. The van der Waals surface area contributed by atoms with E-state index in [1.165, 1.54) is 24.0 Å². The van der Waals surface area contributed by atoms with Gasteiger partial charge >= 0.3 is 6.03 Å². The van der Waals surface area contributed by atoms with Gasteiger partial charge in [-0.05, 0) is 80.0 Å². The molecule has 2 aliphatic carbocycles. The SMILES string of the molecule is CC1c2cn(C)nc2N(Cc2ccccc2C2CC2)C(=O)N1C1CCN(c2c(F)cccc2C2CC2)CC1.